The maximum atomic E-state index is 12.0. The van der Waals surface area contributed by atoms with Crippen LogP contribution in [0, 0.1) is 0 Å². The van der Waals surface area contributed by atoms with Gasteiger partial charge in [0, 0.05) is 19.4 Å². The quantitative estimate of drug-likeness (QED) is 0.672. The predicted octanol–water partition coefficient (Wildman–Crippen LogP) is 1.34. The molecule has 2 aliphatic heterocycles. The van der Waals surface area contributed by atoms with Crippen molar-refractivity contribution in [1.82, 2.24) is 5.48 Å². The zero-order valence-corrected chi connectivity index (χ0v) is 11.5. The standard InChI is InChI=1S/C15H17NO5/c17-14(16-21-13-7-3-4-8-19-13)12-9-10-5-1-2-6-11(10)15(18)20-12/h1-2,5-6,12-13H,3-4,7-9H2,(H,16,17)/t12-,13-/m1/s1. The van der Waals surface area contributed by atoms with Gasteiger partial charge in [-0.3, -0.25) is 4.79 Å². The average molecular weight is 291 g/mol. The van der Waals surface area contributed by atoms with Crippen molar-refractivity contribution in [2.24, 2.45) is 0 Å². The zero-order chi connectivity index (χ0) is 14.7. The lowest BCUT2D eigenvalue weighted by atomic mass is 9.98. The molecule has 6 nitrogen and oxygen atoms in total. The maximum Gasteiger partial charge on any atom is 0.339 e. The van der Waals surface area contributed by atoms with E-state index < -0.39 is 24.3 Å². The minimum absolute atomic E-state index is 0.350. The summed E-state index contributed by atoms with van der Waals surface area (Å²) in [6.45, 7) is 0.631. The van der Waals surface area contributed by atoms with Crippen molar-refractivity contribution in [1.29, 1.82) is 0 Å². The van der Waals surface area contributed by atoms with E-state index in [-0.39, 0.29) is 0 Å². The lowest BCUT2D eigenvalue weighted by Gasteiger charge is -2.26. The summed E-state index contributed by atoms with van der Waals surface area (Å²) in [7, 11) is 0. The highest BCUT2D eigenvalue weighted by Gasteiger charge is 2.31. The Labute approximate surface area is 122 Å². The van der Waals surface area contributed by atoms with Gasteiger partial charge < -0.3 is 9.47 Å². The summed E-state index contributed by atoms with van der Waals surface area (Å²) in [5.41, 5.74) is 3.65. The second-order valence-electron chi connectivity index (χ2n) is 5.14. The van der Waals surface area contributed by atoms with Crippen molar-refractivity contribution >= 4 is 11.9 Å². The molecule has 0 aromatic heterocycles. The molecule has 0 unspecified atom stereocenters. The molecule has 1 amide bonds. The Balaban J connectivity index is 1.57. The highest BCUT2D eigenvalue weighted by atomic mass is 16.8. The van der Waals surface area contributed by atoms with Crippen LogP contribution >= 0.6 is 0 Å². The maximum absolute atomic E-state index is 12.0. The topological polar surface area (TPSA) is 73.9 Å². The zero-order valence-electron chi connectivity index (χ0n) is 11.5. The van der Waals surface area contributed by atoms with Gasteiger partial charge >= 0.3 is 5.97 Å². The molecule has 2 atom stereocenters. The van der Waals surface area contributed by atoms with Crippen LogP contribution in [0.15, 0.2) is 24.3 Å². The summed E-state index contributed by atoms with van der Waals surface area (Å²) < 4.78 is 10.5. The number of benzene rings is 1. The Bertz CT molecular complexity index is 539. The Morgan fingerprint density at radius 1 is 1.29 bits per heavy atom. The molecular weight excluding hydrogens is 274 g/mol. The highest BCUT2D eigenvalue weighted by molar-refractivity contribution is 5.95. The Hall–Kier alpha value is -1.92. The summed E-state index contributed by atoms with van der Waals surface area (Å²) in [4.78, 5) is 29.1. The van der Waals surface area contributed by atoms with Crippen molar-refractivity contribution in [3.8, 4) is 0 Å². The van der Waals surface area contributed by atoms with Crippen molar-refractivity contribution in [2.45, 2.75) is 38.1 Å². The lowest BCUT2D eigenvalue weighted by Crippen LogP contribution is -2.43. The fourth-order valence-corrected chi connectivity index (χ4v) is 2.47. The van der Waals surface area contributed by atoms with Crippen LogP contribution in [-0.4, -0.2) is 30.9 Å². The number of hydrogen-bond acceptors (Lipinski definition) is 5. The van der Waals surface area contributed by atoms with Gasteiger partial charge in [-0.05, 0) is 24.5 Å². The van der Waals surface area contributed by atoms with Crippen LogP contribution in [0.2, 0.25) is 0 Å². The molecule has 2 aliphatic rings. The molecule has 1 fully saturated rings. The van der Waals surface area contributed by atoms with Crippen LogP contribution in [0.5, 0.6) is 0 Å². The van der Waals surface area contributed by atoms with Crippen molar-refractivity contribution < 1.29 is 23.9 Å². The fraction of sp³-hybridized carbons (Fsp3) is 0.467. The number of rotatable bonds is 3. The second-order valence-corrected chi connectivity index (χ2v) is 5.14. The number of hydroxylamine groups is 1. The molecule has 0 bridgehead atoms. The Morgan fingerprint density at radius 2 is 2.14 bits per heavy atom. The summed E-state index contributed by atoms with van der Waals surface area (Å²) in [5.74, 6) is -0.946. The van der Waals surface area contributed by atoms with Crippen LogP contribution in [0.4, 0.5) is 0 Å². The molecule has 1 aromatic rings. The molecule has 0 radical (unpaired) electrons. The predicted molar refractivity (Wildman–Crippen MR) is 72.2 cm³/mol. The van der Waals surface area contributed by atoms with E-state index in [0.717, 1.165) is 24.8 Å². The monoisotopic (exact) mass is 291 g/mol. The summed E-state index contributed by atoms with van der Waals surface area (Å²) in [6.07, 6.45) is 1.82. The van der Waals surface area contributed by atoms with Crippen molar-refractivity contribution in [3.05, 3.63) is 35.4 Å². The van der Waals surface area contributed by atoms with Crippen LogP contribution in [0.25, 0.3) is 0 Å². The van der Waals surface area contributed by atoms with E-state index in [1.165, 1.54) is 0 Å². The Kier molecular flexibility index (Phi) is 4.17. The minimum atomic E-state index is -0.865. The van der Waals surface area contributed by atoms with E-state index in [4.69, 9.17) is 14.3 Å². The molecule has 112 valence electrons. The number of ether oxygens (including phenoxy) is 2. The Morgan fingerprint density at radius 3 is 2.95 bits per heavy atom. The van der Waals surface area contributed by atoms with Gasteiger partial charge in [0.15, 0.2) is 12.4 Å². The number of carbonyl (C=O) groups excluding carboxylic acids is 2. The molecule has 1 N–H and O–H groups in total. The number of nitrogens with one attached hydrogen (secondary N) is 1. The average Bonchev–Trinajstić information content (AvgIpc) is 2.53. The molecule has 21 heavy (non-hydrogen) atoms. The van der Waals surface area contributed by atoms with Gasteiger partial charge in [-0.15, -0.1) is 0 Å². The fourth-order valence-electron chi connectivity index (χ4n) is 2.47. The van der Waals surface area contributed by atoms with Gasteiger partial charge in [0.25, 0.3) is 5.91 Å². The van der Waals surface area contributed by atoms with Gasteiger partial charge in [-0.1, -0.05) is 18.2 Å². The lowest BCUT2D eigenvalue weighted by molar-refractivity contribution is -0.203. The molecule has 2 heterocycles. The first-order chi connectivity index (χ1) is 10.2. The minimum Gasteiger partial charge on any atom is -0.448 e. The number of hydrogen-bond donors (Lipinski definition) is 1. The molecular formula is C15H17NO5. The van der Waals surface area contributed by atoms with E-state index >= 15 is 0 Å². The molecule has 3 rings (SSSR count). The van der Waals surface area contributed by atoms with E-state index in [1.807, 2.05) is 12.1 Å². The molecule has 6 heteroatoms. The van der Waals surface area contributed by atoms with Gasteiger partial charge in [0.1, 0.15) is 0 Å². The molecule has 1 saturated heterocycles. The molecule has 0 aliphatic carbocycles. The van der Waals surface area contributed by atoms with Gasteiger partial charge in [-0.2, -0.15) is 0 Å². The normalized spacial score (nSPS) is 24.9. The molecule has 0 saturated carbocycles. The van der Waals surface area contributed by atoms with Crippen LogP contribution < -0.4 is 5.48 Å². The van der Waals surface area contributed by atoms with Gasteiger partial charge in [-0.25, -0.2) is 15.1 Å². The third kappa shape index (κ3) is 3.22. The smallest absolute Gasteiger partial charge is 0.339 e. The third-order valence-corrected chi connectivity index (χ3v) is 3.61. The largest absolute Gasteiger partial charge is 0.448 e. The van der Waals surface area contributed by atoms with Crippen LogP contribution in [0.1, 0.15) is 35.2 Å². The van der Waals surface area contributed by atoms with E-state index in [1.54, 1.807) is 12.1 Å². The highest BCUT2D eigenvalue weighted by Crippen LogP contribution is 2.20. The first-order valence-corrected chi connectivity index (χ1v) is 7.10. The van der Waals surface area contributed by atoms with Gasteiger partial charge in [0.2, 0.25) is 0 Å². The summed E-state index contributed by atoms with van der Waals surface area (Å²) in [5, 5.41) is 0. The first-order valence-electron chi connectivity index (χ1n) is 7.10. The number of esters is 1. The number of carbonyl (C=O) groups is 2. The number of cyclic esters (lactones) is 1. The van der Waals surface area contributed by atoms with Crippen molar-refractivity contribution in [3.63, 3.8) is 0 Å². The van der Waals surface area contributed by atoms with E-state index in [2.05, 4.69) is 5.48 Å². The molecule has 1 aromatic carbocycles. The molecule has 0 spiro atoms. The summed E-state index contributed by atoms with van der Waals surface area (Å²) >= 11 is 0. The summed E-state index contributed by atoms with van der Waals surface area (Å²) in [6, 6.07) is 7.11. The van der Waals surface area contributed by atoms with E-state index in [0.29, 0.717) is 18.6 Å². The second kappa shape index (κ2) is 6.24. The van der Waals surface area contributed by atoms with Crippen molar-refractivity contribution in [2.75, 3.05) is 6.61 Å². The first kappa shape index (κ1) is 14.0. The van der Waals surface area contributed by atoms with Crippen LogP contribution in [0.3, 0.4) is 0 Å². The van der Waals surface area contributed by atoms with Crippen LogP contribution in [-0.2, 0) is 25.5 Å². The SMILES string of the molecule is O=C1O[C@@H](C(=O)NO[C@@H]2CCCCO2)Cc2ccccc21. The van der Waals surface area contributed by atoms with E-state index in [9.17, 15) is 9.59 Å². The third-order valence-electron chi connectivity index (χ3n) is 3.61. The number of fused-ring (bicyclic) bond motifs is 1. The number of amides is 1. The van der Waals surface area contributed by atoms with Gasteiger partial charge in [0.05, 0.1) is 5.56 Å².